The van der Waals surface area contributed by atoms with Crippen LogP contribution in [0, 0.1) is 0 Å². The first-order valence-corrected chi connectivity index (χ1v) is 7.83. The van der Waals surface area contributed by atoms with E-state index in [0.717, 1.165) is 11.4 Å². The second-order valence-electron chi connectivity index (χ2n) is 5.63. The van der Waals surface area contributed by atoms with E-state index in [1.807, 2.05) is 48.2 Å². The smallest absolute Gasteiger partial charge is 0.246 e. The van der Waals surface area contributed by atoms with Crippen LogP contribution in [0.5, 0.6) is 11.5 Å². The van der Waals surface area contributed by atoms with Gasteiger partial charge in [0.05, 0.1) is 25.0 Å². The Morgan fingerprint density at radius 3 is 2.92 bits per heavy atom. The lowest BCUT2D eigenvalue weighted by Crippen LogP contribution is -2.46. The second-order valence-corrected chi connectivity index (χ2v) is 5.63. The fraction of sp³-hybridized carbons (Fsp3) is 0.278. The Kier molecular flexibility index (Phi) is 4.46. The average Bonchev–Trinajstić information content (AvgIpc) is 2.61. The first kappa shape index (κ1) is 16.0. The van der Waals surface area contributed by atoms with Gasteiger partial charge in [0.15, 0.2) is 0 Å². The van der Waals surface area contributed by atoms with Crippen LogP contribution >= 0.6 is 0 Å². The Bertz CT molecular complexity index is 748. The highest BCUT2D eigenvalue weighted by atomic mass is 16.5. The van der Waals surface area contributed by atoms with Crippen molar-refractivity contribution in [2.24, 2.45) is 0 Å². The molecule has 0 saturated carbocycles. The molecule has 0 fully saturated rings. The van der Waals surface area contributed by atoms with E-state index >= 15 is 0 Å². The fourth-order valence-corrected chi connectivity index (χ4v) is 2.78. The summed E-state index contributed by atoms with van der Waals surface area (Å²) in [4.78, 5) is 14.7. The van der Waals surface area contributed by atoms with Gasteiger partial charge in [0, 0.05) is 5.69 Å². The zero-order valence-corrected chi connectivity index (χ0v) is 13.8. The normalized spacial score (nSPS) is 14.3. The van der Waals surface area contributed by atoms with E-state index < -0.39 is 0 Å². The number of anilines is 3. The van der Waals surface area contributed by atoms with Gasteiger partial charge in [-0.25, -0.2) is 0 Å². The molecule has 3 N–H and O–H groups in total. The molecule has 6 nitrogen and oxygen atoms in total. The predicted octanol–water partition coefficient (Wildman–Crippen LogP) is 2.50. The summed E-state index contributed by atoms with van der Waals surface area (Å²) in [6, 6.07) is 12.4. The van der Waals surface area contributed by atoms with E-state index in [-0.39, 0.29) is 11.9 Å². The van der Waals surface area contributed by atoms with Gasteiger partial charge in [-0.1, -0.05) is 12.1 Å². The molecule has 3 rings (SSSR count). The van der Waals surface area contributed by atoms with E-state index in [1.54, 1.807) is 13.2 Å². The highest BCUT2D eigenvalue weighted by Crippen LogP contribution is 2.35. The molecule has 1 atom stereocenters. The molecule has 0 bridgehead atoms. The Balaban J connectivity index is 1.81. The quantitative estimate of drug-likeness (QED) is 0.844. The Labute approximate surface area is 141 Å². The van der Waals surface area contributed by atoms with Gasteiger partial charge in [0.1, 0.15) is 24.1 Å². The number of para-hydroxylation sites is 2. The Morgan fingerprint density at radius 1 is 1.33 bits per heavy atom. The largest absolute Gasteiger partial charge is 0.495 e. The topological polar surface area (TPSA) is 76.8 Å². The summed E-state index contributed by atoms with van der Waals surface area (Å²) in [7, 11) is 1.58. The molecule has 0 aliphatic carbocycles. The molecule has 2 aromatic carbocycles. The molecular weight excluding hydrogens is 306 g/mol. The second kappa shape index (κ2) is 6.70. The molecule has 1 unspecified atom stereocenters. The number of carbonyl (C=O) groups excluding carboxylic acids is 1. The molecule has 0 aromatic heterocycles. The summed E-state index contributed by atoms with van der Waals surface area (Å²) in [5.74, 6) is 1.26. The number of nitrogens with two attached hydrogens (primary N) is 1. The van der Waals surface area contributed by atoms with Crippen LogP contribution in [0.3, 0.4) is 0 Å². The number of hydrogen-bond donors (Lipinski definition) is 2. The molecule has 1 heterocycles. The maximum Gasteiger partial charge on any atom is 0.246 e. The number of carbonyl (C=O) groups is 1. The molecule has 6 heteroatoms. The van der Waals surface area contributed by atoms with Crippen molar-refractivity contribution in [3.8, 4) is 11.5 Å². The summed E-state index contributed by atoms with van der Waals surface area (Å²) in [6.45, 7) is 3.02. The van der Waals surface area contributed by atoms with Gasteiger partial charge in [0.25, 0.3) is 0 Å². The standard InChI is InChI=1S/C18H21N3O3/c1-12(18(22)20-14-5-3-4-6-16(14)23-2)21-9-10-24-17-8-7-13(19)11-15(17)21/h3-8,11-12H,9-10,19H2,1-2H3,(H,20,22). The molecule has 24 heavy (non-hydrogen) atoms. The third-order valence-corrected chi connectivity index (χ3v) is 4.09. The van der Waals surface area contributed by atoms with Crippen molar-refractivity contribution >= 4 is 23.0 Å². The Morgan fingerprint density at radius 2 is 2.12 bits per heavy atom. The SMILES string of the molecule is COc1ccccc1NC(=O)C(C)N1CCOc2ccc(N)cc21. The first-order chi connectivity index (χ1) is 11.6. The van der Waals surface area contributed by atoms with Crippen LogP contribution in [0.2, 0.25) is 0 Å². The minimum absolute atomic E-state index is 0.116. The molecular formula is C18H21N3O3. The first-order valence-electron chi connectivity index (χ1n) is 7.83. The molecule has 126 valence electrons. The number of methoxy groups -OCH3 is 1. The maximum atomic E-state index is 12.7. The lowest BCUT2D eigenvalue weighted by atomic mass is 10.1. The van der Waals surface area contributed by atoms with Gasteiger partial charge >= 0.3 is 0 Å². The number of fused-ring (bicyclic) bond motifs is 1. The van der Waals surface area contributed by atoms with Crippen molar-refractivity contribution in [1.29, 1.82) is 0 Å². The van der Waals surface area contributed by atoms with Gasteiger partial charge in [-0.05, 0) is 37.3 Å². The summed E-state index contributed by atoms with van der Waals surface area (Å²) >= 11 is 0. The summed E-state index contributed by atoms with van der Waals surface area (Å²) < 4.78 is 10.9. The Hall–Kier alpha value is -2.89. The van der Waals surface area contributed by atoms with Crippen LogP contribution in [-0.2, 0) is 4.79 Å². The molecule has 0 spiro atoms. The number of nitrogen functional groups attached to an aromatic ring is 1. The predicted molar refractivity (Wildman–Crippen MR) is 94.8 cm³/mol. The highest BCUT2D eigenvalue weighted by molar-refractivity contribution is 5.98. The van der Waals surface area contributed by atoms with E-state index in [9.17, 15) is 4.79 Å². The van der Waals surface area contributed by atoms with Gasteiger partial charge in [-0.3, -0.25) is 4.79 Å². The lowest BCUT2D eigenvalue weighted by Gasteiger charge is -2.35. The maximum absolute atomic E-state index is 12.7. The lowest BCUT2D eigenvalue weighted by molar-refractivity contribution is -0.117. The number of nitrogens with one attached hydrogen (secondary N) is 1. The van der Waals surface area contributed by atoms with Crippen molar-refractivity contribution in [3.63, 3.8) is 0 Å². The van der Waals surface area contributed by atoms with Crippen LogP contribution in [0.1, 0.15) is 6.92 Å². The number of nitrogens with zero attached hydrogens (tertiary/aromatic N) is 1. The van der Waals surface area contributed by atoms with Gasteiger partial charge in [-0.15, -0.1) is 0 Å². The number of benzene rings is 2. The minimum atomic E-state index is -0.376. The van der Waals surface area contributed by atoms with Crippen LogP contribution in [0.25, 0.3) is 0 Å². The summed E-state index contributed by atoms with van der Waals surface area (Å²) in [5.41, 5.74) is 8.01. The monoisotopic (exact) mass is 327 g/mol. The van der Waals surface area contributed by atoms with Crippen molar-refractivity contribution in [1.82, 2.24) is 0 Å². The average molecular weight is 327 g/mol. The van der Waals surface area contributed by atoms with Gasteiger partial charge in [-0.2, -0.15) is 0 Å². The summed E-state index contributed by atoms with van der Waals surface area (Å²) in [5, 5.41) is 2.93. The number of hydrogen-bond acceptors (Lipinski definition) is 5. The van der Waals surface area contributed by atoms with Crippen LogP contribution in [0.4, 0.5) is 17.1 Å². The van der Waals surface area contributed by atoms with Gasteiger partial charge in [0.2, 0.25) is 5.91 Å². The molecule has 0 radical (unpaired) electrons. The number of rotatable bonds is 4. The molecule has 2 aromatic rings. The third kappa shape index (κ3) is 3.08. The van der Waals surface area contributed by atoms with Crippen LogP contribution in [-0.4, -0.2) is 32.2 Å². The van der Waals surface area contributed by atoms with Crippen molar-refractivity contribution in [2.75, 3.05) is 36.2 Å². The molecule has 0 saturated heterocycles. The van der Waals surface area contributed by atoms with Crippen LogP contribution < -0.4 is 25.4 Å². The zero-order chi connectivity index (χ0) is 17.1. The summed E-state index contributed by atoms with van der Waals surface area (Å²) in [6.07, 6.45) is 0. The van der Waals surface area contributed by atoms with E-state index in [2.05, 4.69) is 5.32 Å². The fourth-order valence-electron chi connectivity index (χ4n) is 2.78. The molecule has 1 aliphatic rings. The number of amides is 1. The minimum Gasteiger partial charge on any atom is -0.495 e. The molecule has 1 aliphatic heterocycles. The van der Waals surface area contributed by atoms with Crippen LogP contribution in [0.15, 0.2) is 42.5 Å². The highest BCUT2D eigenvalue weighted by Gasteiger charge is 2.27. The van der Waals surface area contributed by atoms with Crippen molar-refractivity contribution in [3.05, 3.63) is 42.5 Å². The van der Waals surface area contributed by atoms with Crippen molar-refractivity contribution in [2.45, 2.75) is 13.0 Å². The zero-order valence-electron chi connectivity index (χ0n) is 13.8. The van der Waals surface area contributed by atoms with E-state index in [1.165, 1.54) is 0 Å². The van der Waals surface area contributed by atoms with E-state index in [4.69, 9.17) is 15.2 Å². The van der Waals surface area contributed by atoms with E-state index in [0.29, 0.717) is 30.3 Å². The number of ether oxygens (including phenoxy) is 2. The van der Waals surface area contributed by atoms with Gasteiger partial charge < -0.3 is 25.4 Å². The van der Waals surface area contributed by atoms with Crippen molar-refractivity contribution < 1.29 is 14.3 Å². The third-order valence-electron chi connectivity index (χ3n) is 4.09. The molecule has 1 amide bonds.